The van der Waals surface area contributed by atoms with Gasteiger partial charge in [-0.3, -0.25) is 0 Å². The normalized spacial score (nSPS) is 15.0. The maximum atomic E-state index is 9.78. The van der Waals surface area contributed by atoms with E-state index < -0.39 is 6.10 Å². The van der Waals surface area contributed by atoms with Crippen LogP contribution in [0, 0.1) is 5.92 Å². The molecule has 0 radical (unpaired) electrons. The molecule has 110 valence electrons. The van der Waals surface area contributed by atoms with Crippen LogP contribution in [-0.2, 0) is 9.47 Å². The summed E-state index contributed by atoms with van der Waals surface area (Å²) in [5.41, 5.74) is 0. The molecule has 18 heavy (non-hydrogen) atoms. The molecule has 0 aromatic rings. The van der Waals surface area contributed by atoms with Crippen molar-refractivity contribution in [1.29, 1.82) is 0 Å². The van der Waals surface area contributed by atoms with Gasteiger partial charge in [-0.15, -0.1) is 0 Å². The highest BCUT2D eigenvalue weighted by Gasteiger charge is 2.14. The van der Waals surface area contributed by atoms with Crippen LogP contribution in [0.3, 0.4) is 0 Å². The van der Waals surface area contributed by atoms with Crippen LogP contribution in [0.4, 0.5) is 0 Å². The SMILES string of the molecule is CCCCOCC(O)CNC(COCC)C(C)C. The van der Waals surface area contributed by atoms with Crippen molar-refractivity contribution in [3.05, 3.63) is 0 Å². The third kappa shape index (κ3) is 9.83. The minimum Gasteiger partial charge on any atom is -0.389 e. The minimum atomic E-state index is -0.440. The lowest BCUT2D eigenvalue weighted by Gasteiger charge is -2.23. The Bertz CT molecular complexity index is 176. The first-order valence-electron chi connectivity index (χ1n) is 7.18. The van der Waals surface area contributed by atoms with E-state index in [-0.39, 0.29) is 6.04 Å². The van der Waals surface area contributed by atoms with E-state index in [2.05, 4.69) is 26.1 Å². The second-order valence-electron chi connectivity index (χ2n) is 5.00. The molecule has 0 heterocycles. The Morgan fingerprint density at radius 3 is 2.39 bits per heavy atom. The first kappa shape index (κ1) is 17.8. The molecule has 0 aliphatic rings. The Labute approximate surface area is 112 Å². The number of aliphatic hydroxyl groups is 1. The van der Waals surface area contributed by atoms with Crippen molar-refractivity contribution in [1.82, 2.24) is 5.32 Å². The summed E-state index contributed by atoms with van der Waals surface area (Å²) in [5, 5.41) is 13.1. The molecule has 0 aromatic carbocycles. The number of hydrogen-bond acceptors (Lipinski definition) is 4. The standard InChI is InChI=1S/C14H31NO3/c1-5-7-8-18-10-13(16)9-15-14(12(3)4)11-17-6-2/h12-16H,5-11H2,1-4H3. The van der Waals surface area contributed by atoms with E-state index in [0.717, 1.165) is 26.1 Å². The molecule has 2 unspecified atom stereocenters. The second-order valence-corrected chi connectivity index (χ2v) is 5.00. The highest BCUT2D eigenvalue weighted by molar-refractivity contribution is 4.72. The fourth-order valence-corrected chi connectivity index (χ4v) is 1.54. The molecule has 0 saturated carbocycles. The maximum Gasteiger partial charge on any atom is 0.0897 e. The lowest BCUT2D eigenvalue weighted by molar-refractivity contribution is 0.0299. The molecule has 0 rings (SSSR count). The van der Waals surface area contributed by atoms with E-state index in [9.17, 15) is 5.11 Å². The van der Waals surface area contributed by atoms with Gasteiger partial charge in [0.2, 0.25) is 0 Å². The van der Waals surface area contributed by atoms with E-state index >= 15 is 0 Å². The number of rotatable bonds is 12. The molecule has 0 spiro atoms. The first-order chi connectivity index (χ1) is 8.61. The average Bonchev–Trinajstić information content (AvgIpc) is 2.34. The molecule has 0 fully saturated rings. The lowest BCUT2D eigenvalue weighted by Crippen LogP contribution is -2.43. The molecule has 0 saturated heterocycles. The summed E-state index contributed by atoms with van der Waals surface area (Å²) in [5.74, 6) is 0.491. The van der Waals surface area contributed by atoms with Gasteiger partial charge in [-0.05, 0) is 19.3 Å². The van der Waals surface area contributed by atoms with Crippen LogP contribution >= 0.6 is 0 Å². The Balaban J connectivity index is 3.67. The molecule has 0 aliphatic heterocycles. The van der Waals surface area contributed by atoms with E-state index in [0.29, 0.717) is 25.7 Å². The van der Waals surface area contributed by atoms with Gasteiger partial charge >= 0.3 is 0 Å². The van der Waals surface area contributed by atoms with Crippen molar-refractivity contribution in [2.24, 2.45) is 5.92 Å². The summed E-state index contributed by atoms with van der Waals surface area (Å²) >= 11 is 0. The molecule has 2 N–H and O–H groups in total. The summed E-state index contributed by atoms with van der Waals surface area (Å²) in [4.78, 5) is 0. The van der Waals surface area contributed by atoms with Crippen molar-refractivity contribution < 1.29 is 14.6 Å². The van der Waals surface area contributed by atoms with Crippen molar-refractivity contribution >= 4 is 0 Å². The minimum absolute atomic E-state index is 0.287. The fraction of sp³-hybridized carbons (Fsp3) is 1.00. The van der Waals surface area contributed by atoms with Gasteiger partial charge in [0, 0.05) is 25.8 Å². The number of unbranched alkanes of at least 4 members (excludes halogenated alkanes) is 1. The van der Waals surface area contributed by atoms with Crippen molar-refractivity contribution in [2.75, 3.05) is 33.0 Å². The summed E-state index contributed by atoms with van der Waals surface area (Å²) < 4.78 is 10.8. The predicted octanol–water partition coefficient (Wildman–Crippen LogP) is 1.81. The molecule has 0 amide bonds. The first-order valence-corrected chi connectivity index (χ1v) is 7.18. The van der Waals surface area contributed by atoms with Crippen LogP contribution in [0.1, 0.15) is 40.5 Å². The monoisotopic (exact) mass is 261 g/mol. The Hall–Kier alpha value is -0.160. The zero-order chi connectivity index (χ0) is 13.8. The van der Waals surface area contributed by atoms with Crippen LogP contribution in [0.2, 0.25) is 0 Å². The summed E-state index contributed by atoms with van der Waals surface area (Å²) in [6.45, 7) is 11.6. The van der Waals surface area contributed by atoms with Crippen LogP contribution < -0.4 is 5.32 Å². The zero-order valence-corrected chi connectivity index (χ0v) is 12.4. The molecule has 4 nitrogen and oxygen atoms in total. The molecule has 0 aromatic heterocycles. The Morgan fingerprint density at radius 2 is 1.83 bits per heavy atom. The molecular formula is C14H31NO3. The number of ether oxygens (including phenoxy) is 2. The molecule has 4 heteroatoms. The molecule has 0 bridgehead atoms. The smallest absolute Gasteiger partial charge is 0.0897 e. The van der Waals surface area contributed by atoms with Crippen LogP contribution in [0.25, 0.3) is 0 Å². The van der Waals surface area contributed by atoms with Gasteiger partial charge in [-0.2, -0.15) is 0 Å². The lowest BCUT2D eigenvalue weighted by atomic mass is 10.1. The predicted molar refractivity (Wildman–Crippen MR) is 74.9 cm³/mol. The van der Waals surface area contributed by atoms with E-state index in [1.165, 1.54) is 0 Å². The highest BCUT2D eigenvalue weighted by Crippen LogP contribution is 2.02. The third-order valence-corrected chi connectivity index (χ3v) is 2.87. The topological polar surface area (TPSA) is 50.7 Å². The van der Waals surface area contributed by atoms with E-state index in [1.807, 2.05) is 6.92 Å². The number of hydrogen-bond donors (Lipinski definition) is 2. The van der Waals surface area contributed by atoms with Crippen molar-refractivity contribution in [2.45, 2.75) is 52.7 Å². The third-order valence-electron chi connectivity index (χ3n) is 2.87. The van der Waals surface area contributed by atoms with Gasteiger partial charge in [0.05, 0.1) is 19.3 Å². The largest absolute Gasteiger partial charge is 0.389 e. The van der Waals surface area contributed by atoms with Gasteiger partial charge in [0.25, 0.3) is 0 Å². The van der Waals surface area contributed by atoms with Crippen LogP contribution in [0.5, 0.6) is 0 Å². The number of nitrogens with one attached hydrogen (secondary N) is 1. The van der Waals surface area contributed by atoms with Gasteiger partial charge in [-0.25, -0.2) is 0 Å². The van der Waals surface area contributed by atoms with Gasteiger partial charge in [-0.1, -0.05) is 27.2 Å². The molecule has 0 aliphatic carbocycles. The molecular weight excluding hydrogens is 230 g/mol. The van der Waals surface area contributed by atoms with E-state index in [4.69, 9.17) is 9.47 Å². The Morgan fingerprint density at radius 1 is 1.11 bits per heavy atom. The number of aliphatic hydroxyl groups excluding tert-OH is 1. The van der Waals surface area contributed by atoms with Gasteiger partial charge < -0.3 is 19.9 Å². The van der Waals surface area contributed by atoms with Crippen molar-refractivity contribution in [3.8, 4) is 0 Å². The summed E-state index contributed by atoms with van der Waals surface area (Å²) in [6.07, 6.45) is 1.74. The summed E-state index contributed by atoms with van der Waals surface area (Å²) in [7, 11) is 0. The maximum absolute atomic E-state index is 9.78. The van der Waals surface area contributed by atoms with Crippen LogP contribution in [-0.4, -0.2) is 50.2 Å². The van der Waals surface area contributed by atoms with Gasteiger partial charge in [0.15, 0.2) is 0 Å². The fourth-order valence-electron chi connectivity index (χ4n) is 1.54. The quantitative estimate of drug-likeness (QED) is 0.526. The van der Waals surface area contributed by atoms with E-state index in [1.54, 1.807) is 0 Å². The molecule has 2 atom stereocenters. The average molecular weight is 261 g/mol. The highest BCUT2D eigenvalue weighted by atomic mass is 16.5. The second kappa shape index (κ2) is 11.9. The zero-order valence-electron chi connectivity index (χ0n) is 12.4. The van der Waals surface area contributed by atoms with Crippen molar-refractivity contribution in [3.63, 3.8) is 0 Å². The van der Waals surface area contributed by atoms with Crippen LogP contribution in [0.15, 0.2) is 0 Å². The summed E-state index contributed by atoms with van der Waals surface area (Å²) in [6, 6.07) is 0.287. The Kier molecular flexibility index (Phi) is 11.8. The van der Waals surface area contributed by atoms with Gasteiger partial charge in [0.1, 0.15) is 0 Å².